The number of aromatic nitrogens is 1. The number of carboxylic acid groups (broad SMARTS) is 1. The Morgan fingerprint density at radius 3 is 2.53 bits per heavy atom. The van der Waals surface area contributed by atoms with E-state index in [-0.39, 0.29) is 11.5 Å². The summed E-state index contributed by atoms with van der Waals surface area (Å²) in [5, 5.41) is 10.6. The summed E-state index contributed by atoms with van der Waals surface area (Å²) >= 11 is 4.70. The Bertz CT molecular complexity index is 600. The molecule has 0 aliphatic heterocycles. The number of carboxylic acids is 1. The summed E-state index contributed by atoms with van der Waals surface area (Å²) < 4.78 is 2.30. The highest BCUT2D eigenvalue weighted by Crippen LogP contribution is 2.23. The first-order chi connectivity index (χ1) is 7.99. The second kappa shape index (κ2) is 4.46. The van der Waals surface area contributed by atoms with Crippen molar-refractivity contribution in [2.24, 2.45) is 7.05 Å². The van der Waals surface area contributed by atoms with Crippen LogP contribution >= 0.6 is 27.3 Å². The van der Waals surface area contributed by atoms with Gasteiger partial charge in [-0.1, -0.05) is 0 Å². The van der Waals surface area contributed by atoms with Gasteiger partial charge >= 0.3 is 5.97 Å². The number of rotatable bonds is 3. The quantitative estimate of drug-likeness (QED) is 0.886. The molecule has 0 aliphatic rings. The molecule has 88 valence electrons. The summed E-state index contributed by atoms with van der Waals surface area (Å²) in [6.45, 7) is 0. The van der Waals surface area contributed by atoms with E-state index in [1.807, 2.05) is 0 Å². The van der Waals surface area contributed by atoms with E-state index in [1.54, 1.807) is 18.5 Å². The van der Waals surface area contributed by atoms with Crippen molar-refractivity contribution in [3.8, 4) is 0 Å². The molecule has 0 saturated carbocycles. The fourth-order valence-corrected chi connectivity index (χ4v) is 2.63. The summed E-state index contributed by atoms with van der Waals surface area (Å²) in [6.07, 6.45) is 1.53. The minimum atomic E-state index is -1.04. The van der Waals surface area contributed by atoms with Crippen LogP contribution in [0.2, 0.25) is 0 Å². The molecule has 2 aromatic rings. The number of thiophene rings is 1. The number of hydrogen-bond acceptors (Lipinski definition) is 3. The molecule has 0 fully saturated rings. The van der Waals surface area contributed by atoms with Crippen molar-refractivity contribution in [3.63, 3.8) is 0 Å². The van der Waals surface area contributed by atoms with Gasteiger partial charge in [0, 0.05) is 29.8 Å². The second-order valence-corrected chi connectivity index (χ2v) is 5.79. The summed E-state index contributed by atoms with van der Waals surface area (Å²) in [7, 11) is 1.60. The summed E-state index contributed by atoms with van der Waals surface area (Å²) in [5.74, 6) is -1.21. The molecule has 0 spiro atoms. The summed E-state index contributed by atoms with van der Waals surface area (Å²) in [5.41, 5.74) is 1.04. The summed E-state index contributed by atoms with van der Waals surface area (Å²) in [6, 6.07) is 3.11. The third kappa shape index (κ3) is 2.32. The molecule has 17 heavy (non-hydrogen) atoms. The van der Waals surface area contributed by atoms with Gasteiger partial charge in [-0.15, -0.1) is 11.3 Å². The van der Waals surface area contributed by atoms with Gasteiger partial charge in [0.15, 0.2) is 5.78 Å². The van der Waals surface area contributed by atoms with Gasteiger partial charge in [0.2, 0.25) is 0 Å². The molecule has 2 rings (SSSR count). The van der Waals surface area contributed by atoms with Crippen LogP contribution in [-0.4, -0.2) is 21.4 Å². The fraction of sp³-hybridized carbons (Fsp3) is 0.0909. The number of carbonyl (C=O) groups excluding carboxylic acids is 1. The Kier molecular flexibility index (Phi) is 3.17. The van der Waals surface area contributed by atoms with E-state index in [0.29, 0.717) is 11.1 Å². The molecule has 0 unspecified atom stereocenters. The lowest BCUT2D eigenvalue weighted by Crippen LogP contribution is -2.02. The van der Waals surface area contributed by atoms with Crippen LogP contribution in [0.15, 0.2) is 27.5 Å². The average Bonchev–Trinajstić information content (AvgIpc) is 2.83. The Morgan fingerprint density at radius 2 is 2.06 bits per heavy atom. The predicted octanol–water partition coefficient (Wildman–Crippen LogP) is 2.78. The largest absolute Gasteiger partial charge is 0.477 e. The molecular formula is C11H8BrNO3S. The van der Waals surface area contributed by atoms with E-state index in [4.69, 9.17) is 5.11 Å². The molecule has 0 aliphatic carbocycles. The van der Waals surface area contributed by atoms with Crippen LogP contribution in [0, 0.1) is 0 Å². The van der Waals surface area contributed by atoms with Gasteiger partial charge in [0.25, 0.3) is 0 Å². The third-order valence-corrected chi connectivity index (χ3v) is 3.82. The number of carbonyl (C=O) groups is 2. The molecule has 0 atom stereocenters. The number of aromatic carboxylic acids is 1. The maximum atomic E-state index is 12.0. The molecule has 0 amide bonds. The van der Waals surface area contributed by atoms with Crippen molar-refractivity contribution < 1.29 is 14.7 Å². The SMILES string of the molecule is Cn1cc(C(=O)c2csc(Br)c2)cc1C(=O)O. The van der Waals surface area contributed by atoms with E-state index in [2.05, 4.69) is 15.9 Å². The number of nitrogens with zero attached hydrogens (tertiary/aromatic N) is 1. The number of aryl methyl sites for hydroxylation is 1. The van der Waals surface area contributed by atoms with Gasteiger partial charge in [0.05, 0.1) is 3.79 Å². The lowest BCUT2D eigenvalue weighted by molar-refractivity contribution is 0.0686. The van der Waals surface area contributed by atoms with Crippen LogP contribution in [-0.2, 0) is 7.05 Å². The first-order valence-electron chi connectivity index (χ1n) is 4.67. The predicted molar refractivity (Wildman–Crippen MR) is 67.8 cm³/mol. The van der Waals surface area contributed by atoms with Crippen LogP contribution in [0.1, 0.15) is 26.4 Å². The zero-order valence-electron chi connectivity index (χ0n) is 8.81. The zero-order chi connectivity index (χ0) is 12.6. The van der Waals surface area contributed by atoms with Gasteiger partial charge in [-0.05, 0) is 28.1 Å². The van der Waals surface area contributed by atoms with Crippen molar-refractivity contribution in [2.45, 2.75) is 0 Å². The maximum absolute atomic E-state index is 12.0. The standard InChI is InChI=1S/C11H8BrNO3S/c1-13-4-6(2-8(13)11(15)16)10(14)7-3-9(12)17-5-7/h2-5H,1H3,(H,15,16). The fourth-order valence-electron chi connectivity index (χ4n) is 1.50. The van der Waals surface area contributed by atoms with Crippen molar-refractivity contribution >= 4 is 39.0 Å². The molecular weight excluding hydrogens is 306 g/mol. The molecule has 0 radical (unpaired) electrons. The normalized spacial score (nSPS) is 10.5. The van der Waals surface area contributed by atoms with E-state index < -0.39 is 5.97 Å². The van der Waals surface area contributed by atoms with Gasteiger partial charge in [-0.2, -0.15) is 0 Å². The topological polar surface area (TPSA) is 59.3 Å². The van der Waals surface area contributed by atoms with Crippen molar-refractivity contribution in [1.82, 2.24) is 4.57 Å². The van der Waals surface area contributed by atoms with Crippen molar-refractivity contribution in [2.75, 3.05) is 0 Å². The van der Waals surface area contributed by atoms with Crippen molar-refractivity contribution in [1.29, 1.82) is 0 Å². The molecule has 6 heteroatoms. The molecule has 4 nitrogen and oxygen atoms in total. The van der Waals surface area contributed by atoms with Gasteiger partial charge in [-0.3, -0.25) is 4.79 Å². The highest BCUT2D eigenvalue weighted by molar-refractivity contribution is 9.11. The van der Waals surface area contributed by atoms with Crippen LogP contribution in [0.3, 0.4) is 0 Å². The number of halogens is 1. The number of ketones is 1. The molecule has 0 saturated heterocycles. The Labute approximate surface area is 110 Å². The summed E-state index contributed by atoms with van der Waals surface area (Å²) in [4.78, 5) is 22.9. The van der Waals surface area contributed by atoms with Crippen LogP contribution in [0.5, 0.6) is 0 Å². The van der Waals surface area contributed by atoms with Gasteiger partial charge < -0.3 is 9.67 Å². The Morgan fingerprint density at radius 1 is 1.35 bits per heavy atom. The highest BCUT2D eigenvalue weighted by atomic mass is 79.9. The first kappa shape index (κ1) is 12.1. The molecule has 1 N–H and O–H groups in total. The van der Waals surface area contributed by atoms with Gasteiger partial charge in [-0.25, -0.2) is 4.79 Å². The Balaban J connectivity index is 2.38. The third-order valence-electron chi connectivity index (χ3n) is 2.32. The first-order valence-corrected chi connectivity index (χ1v) is 6.34. The van der Waals surface area contributed by atoms with Crippen LogP contribution < -0.4 is 0 Å². The molecule has 2 aromatic heterocycles. The smallest absolute Gasteiger partial charge is 0.352 e. The van der Waals surface area contributed by atoms with E-state index in [1.165, 1.54) is 28.2 Å². The average molecular weight is 314 g/mol. The molecule has 2 heterocycles. The monoisotopic (exact) mass is 313 g/mol. The molecule has 0 aromatic carbocycles. The lowest BCUT2D eigenvalue weighted by atomic mass is 10.1. The lowest BCUT2D eigenvalue weighted by Gasteiger charge is -1.93. The number of hydrogen-bond donors (Lipinski definition) is 1. The van der Waals surface area contributed by atoms with E-state index in [9.17, 15) is 9.59 Å². The second-order valence-electron chi connectivity index (χ2n) is 3.50. The highest BCUT2D eigenvalue weighted by Gasteiger charge is 2.17. The van der Waals surface area contributed by atoms with E-state index >= 15 is 0 Å². The minimum Gasteiger partial charge on any atom is -0.477 e. The van der Waals surface area contributed by atoms with Crippen LogP contribution in [0.4, 0.5) is 0 Å². The van der Waals surface area contributed by atoms with Crippen LogP contribution in [0.25, 0.3) is 0 Å². The Hall–Kier alpha value is -1.40. The molecule has 0 bridgehead atoms. The zero-order valence-corrected chi connectivity index (χ0v) is 11.2. The van der Waals surface area contributed by atoms with E-state index in [0.717, 1.165) is 3.79 Å². The van der Waals surface area contributed by atoms with Gasteiger partial charge in [0.1, 0.15) is 5.69 Å². The van der Waals surface area contributed by atoms with Crippen molar-refractivity contribution in [3.05, 3.63) is 44.3 Å². The minimum absolute atomic E-state index is 0.0997. The maximum Gasteiger partial charge on any atom is 0.352 e.